The van der Waals surface area contributed by atoms with E-state index in [0.717, 1.165) is 28.1 Å². The van der Waals surface area contributed by atoms with Gasteiger partial charge in [-0.3, -0.25) is 9.69 Å². The lowest BCUT2D eigenvalue weighted by Crippen LogP contribution is -2.26. The molecule has 2 aromatic carbocycles. The molecule has 31 heavy (non-hydrogen) atoms. The normalized spacial score (nSPS) is 10.5. The number of aromatic nitrogens is 1. The zero-order valence-electron chi connectivity index (χ0n) is 18.7. The van der Waals surface area contributed by atoms with Crippen molar-refractivity contribution < 1.29 is 23.7 Å². The van der Waals surface area contributed by atoms with Crippen molar-refractivity contribution in [1.29, 1.82) is 0 Å². The lowest BCUT2D eigenvalue weighted by molar-refractivity contribution is 0.0992. The summed E-state index contributed by atoms with van der Waals surface area (Å²) >= 11 is 1.39. The first-order valence-corrected chi connectivity index (χ1v) is 10.4. The third kappa shape index (κ3) is 4.29. The number of hydrogen-bond acceptors (Lipinski definition) is 7. The van der Waals surface area contributed by atoms with Crippen LogP contribution in [0.25, 0.3) is 11.3 Å². The molecule has 0 saturated carbocycles. The first kappa shape index (κ1) is 22.4. The molecule has 0 fully saturated rings. The average Bonchev–Trinajstić information content (AvgIpc) is 3.28. The van der Waals surface area contributed by atoms with E-state index in [1.807, 2.05) is 25.3 Å². The quantitative estimate of drug-likeness (QED) is 0.527. The Labute approximate surface area is 186 Å². The van der Waals surface area contributed by atoms with Crippen molar-refractivity contribution in [2.75, 3.05) is 40.4 Å². The summed E-state index contributed by atoms with van der Waals surface area (Å²) in [7, 11) is 7.89. The van der Waals surface area contributed by atoms with Gasteiger partial charge >= 0.3 is 0 Å². The molecule has 0 N–H and O–H groups in total. The van der Waals surface area contributed by atoms with Crippen LogP contribution in [0.4, 0.5) is 5.13 Å². The maximum atomic E-state index is 13.1. The number of benzene rings is 2. The van der Waals surface area contributed by atoms with Crippen molar-refractivity contribution in [2.45, 2.75) is 13.8 Å². The number of hydrogen-bond donors (Lipinski definition) is 0. The molecule has 0 aliphatic rings. The molecule has 0 spiro atoms. The Bertz CT molecular complexity index is 1080. The lowest BCUT2D eigenvalue weighted by atomic mass is 10.0. The number of thiazole rings is 1. The molecule has 0 aliphatic heterocycles. The average molecular weight is 443 g/mol. The van der Waals surface area contributed by atoms with Gasteiger partial charge < -0.3 is 18.9 Å². The molecule has 1 heterocycles. The van der Waals surface area contributed by atoms with E-state index in [1.54, 1.807) is 26.3 Å². The number of nitrogens with zero attached hydrogens (tertiary/aromatic N) is 2. The minimum Gasteiger partial charge on any atom is -0.496 e. The molecule has 8 heteroatoms. The Balaban J connectivity index is 1.93. The maximum absolute atomic E-state index is 13.1. The number of ether oxygens (including phenoxy) is 4. The van der Waals surface area contributed by atoms with Crippen LogP contribution in [0.5, 0.6) is 23.0 Å². The van der Waals surface area contributed by atoms with Gasteiger partial charge in [0.25, 0.3) is 5.91 Å². The zero-order valence-corrected chi connectivity index (χ0v) is 19.5. The molecule has 0 atom stereocenters. The molecule has 7 nitrogen and oxygen atoms in total. The van der Waals surface area contributed by atoms with E-state index in [1.165, 1.54) is 37.6 Å². The van der Waals surface area contributed by atoms with Gasteiger partial charge in [0, 0.05) is 23.6 Å². The topological polar surface area (TPSA) is 70.1 Å². The van der Waals surface area contributed by atoms with Crippen LogP contribution in [0.15, 0.2) is 29.6 Å². The van der Waals surface area contributed by atoms with Gasteiger partial charge in [-0.25, -0.2) is 4.98 Å². The Morgan fingerprint density at radius 2 is 1.52 bits per heavy atom. The third-order valence-corrected chi connectivity index (χ3v) is 6.05. The van der Waals surface area contributed by atoms with E-state index in [2.05, 4.69) is 11.1 Å². The number of amides is 1. The van der Waals surface area contributed by atoms with Gasteiger partial charge in [-0.05, 0) is 49.2 Å². The second kappa shape index (κ2) is 9.26. The van der Waals surface area contributed by atoms with Crippen LogP contribution in [0.1, 0.15) is 21.5 Å². The predicted octanol–water partition coefficient (Wildman–Crippen LogP) is 4.74. The third-order valence-electron chi connectivity index (χ3n) is 5.13. The number of aryl methyl sites for hydroxylation is 1. The van der Waals surface area contributed by atoms with Crippen molar-refractivity contribution in [3.63, 3.8) is 0 Å². The summed E-state index contributed by atoms with van der Waals surface area (Å²) < 4.78 is 21.5. The fraction of sp³-hybridized carbons (Fsp3) is 0.304. The zero-order chi connectivity index (χ0) is 22.7. The molecule has 3 aromatic rings. The van der Waals surface area contributed by atoms with Crippen molar-refractivity contribution in [2.24, 2.45) is 0 Å². The lowest BCUT2D eigenvalue weighted by Gasteiger charge is -2.17. The van der Waals surface area contributed by atoms with Gasteiger partial charge in [0.1, 0.15) is 5.75 Å². The van der Waals surface area contributed by atoms with Gasteiger partial charge in [-0.1, -0.05) is 0 Å². The van der Waals surface area contributed by atoms with E-state index in [0.29, 0.717) is 27.9 Å². The Hall–Kier alpha value is -3.26. The molecule has 0 radical (unpaired) electrons. The van der Waals surface area contributed by atoms with E-state index >= 15 is 0 Å². The van der Waals surface area contributed by atoms with Gasteiger partial charge in [0.05, 0.1) is 34.1 Å². The minimum atomic E-state index is -0.238. The highest BCUT2D eigenvalue weighted by Gasteiger charge is 2.22. The van der Waals surface area contributed by atoms with E-state index in [9.17, 15) is 4.79 Å². The molecule has 0 unspecified atom stereocenters. The molecule has 0 bridgehead atoms. The van der Waals surface area contributed by atoms with Crippen LogP contribution in [0.2, 0.25) is 0 Å². The standard InChI is InChI=1S/C23H26N2O5S/c1-13-8-15(9-18(27-4)14(13)2)17-12-31-23(24-17)25(3)22(26)16-10-19(28-5)21(30-7)20(11-16)29-6/h8-12H,1-7H3. The number of carbonyl (C=O) groups excluding carboxylic acids is 1. The minimum absolute atomic E-state index is 0.238. The molecule has 0 saturated heterocycles. The summed E-state index contributed by atoms with van der Waals surface area (Å²) in [6, 6.07) is 7.28. The highest BCUT2D eigenvalue weighted by atomic mass is 32.1. The smallest absolute Gasteiger partial charge is 0.260 e. The van der Waals surface area contributed by atoms with Gasteiger partial charge in [-0.2, -0.15) is 0 Å². The Morgan fingerprint density at radius 1 is 0.903 bits per heavy atom. The summed E-state index contributed by atoms with van der Waals surface area (Å²) in [5, 5.41) is 2.50. The van der Waals surface area contributed by atoms with E-state index in [4.69, 9.17) is 18.9 Å². The number of methoxy groups -OCH3 is 4. The number of rotatable bonds is 7. The van der Waals surface area contributed by atoms with Crippen LogP contribution < -0.4 is 23.8 Å². The molecule has 0 aliphatic carbocycles. The van der Waals surface area contributed by atoms with Crippen molar-refractivity contribution in [1.82, 2.24) is 4.98 Å². The molecular weight excluding hydrogens is 416 g/mol. The SMILES string of the molecule is COc1cc(-c2csc(N(C)C(=O)c3cc(OC)c(OC)c(OC)c3)n2)cc(C)c1C. The van der Waals surface area contributed by atoms with Crippen LogP contribution in [0.3, 0.4) is 0 Å². The summed E-state index contributed by atoms with van der Waals surface area (Å²) in [6.07, 6.45) is 0. The second-order valence-corrected chi connectivity index (χ2v) is 7.75. The van der Waals surface area contributed by atoms with E-state index in [-0.39, 0.29) is 5.91 Å². The Morgan fingerprint density at radius 3 is 2.06 bits per heavy atom. The fourth-order valence-corrected chi connectivity index (χ4v) is 4.02. The van der Waals surface area contributed by atoms with Gasteiger partial charge in [0.15, 0.2) is 16.6 Å². The summed E-state index contributed by atoms with van der Waals surface area (Å²) in [5.74, 6) is 1.84. The molecule has 3 rings (SSSR count). The van der Waals surface area contributed by atoms with Crippen LogP contribution in [0, 0.1) is 13.8 Å². The molecule has 1 amide bonds. The molecule has 1 aromatic heterocycles. The number of anilines is 1. The first-order valence-electron chi connectivity index (χ1n) is 9.53. The largest absolute Gasteiger partial charge is 0.496 e. The maximum Gasteiger partial charge on any atom is 0.260 e. The number of carbonyl (C=O) groups is 1. The Kier molecular flexibility index (Phi) is 6.70. The monoisotopic (exact) mass is 442 g/mol. The summed E-state index contributed by atoms with van der Waals surface area (Å²) in [5.41, 5.74) is 4.34. The molecular formula is C23H26N2O5S. The van der Waals surface area contributed by atoms with Crippen LogP contribution in [-0.2, 0) is 0 Å². The van der Waals surface area contributed by atoms with Crippen molar-refractivity contribution in [3.8, 4) is 34.3 Å². The van der Waals surface area contributed by atoms with Gasteiger partial charge in [0.2, 0.25) is 5.75 Å². The summed E-state index contributed by atoms with van der Waals surface area (Å²) in [6.45, 7) is 4.06. The fourth-order valence-electron chi connectivity index (χ4n) is 3.22. The predicted molar refractivity (Wildman–Crippen MR) is 122 cm³/mol. The molecule has 164 valence electrons. The van der Waals surface area contributed by atoms with Crippen molar-refractivity contribution >= 4 is 22.4 Å². The highest BCUT2D eigenvalue weighted by molar-refractivity contribution is 7.14. The second-order valence-electron chi connectivity index (χ2n) is 6.91. The van der Waals surface area contributed by atoms with Crippen LogP contribution >= 0.6 is 11.3 Å². The van der Waals surface area contributed by atoms with Gasteiger partial charge in [-0.15, -0.1) is 11.3 Å². The van der Waals surface area contributed by atoms with Crippen LogP contribution in [-0.4, -0.2) is 46.4 Å². The van der Waals surface area contributed by atoms with Crippen molar-refractivity contribution in [3.05, 3.63) is 46.3 Å². The highest BCUT2D eigenvalue weighted by Crippen LogP contribution is 2.39. The van der Waals surface area contributed by atoms with E-state index < -0.39 is 0 Å². The first-order chi connectivity index (χ1) is 14.8. The summed E-state index contributed by atoms with van der Waals surface area (Å²) in [4.78, 5) is 19.3.